The quantitative estimate of drug-likeness (QED) is 0.199. The zero-order chi connectivity index (χ0) is 20.7. The fourth-order valence-electron chi connectivity index (χ4n) is 2.22. The minimum Gasteiger partial charge on any atom is -0.480 e. The number of terminal acetylenes is 2. The topological polar surface area (TPSA) is 151 Å². The Balaban J connectivity index is 4.70. The summed E-state index contributed by atoms with van der Waals surface area (Å²) in [7, 11) is 0. The lowest BCUT2D eigenvalue weighted by molar-refractivity contribution is -0.142. The van der Waals surface area contributed by atoms with Crippen LogP contribution in [0.1, 0.15) is 38.5 Å². The SMILES string of the molecule is C#CC(=O)NCCCCC(NC(=O)C#C)C(=O)NC(CCCCN)C(=O)O. The third-order valence-corrected chi connectivity index (χ3v) is 3.65. The summed E-state index contributed by atoms with van der Waals surface area (Å²) < 4.78 is 0. The molecule has 0 aromatic heterocycles. The molecule has 0 aromatic carbocycles. The number of nitrogens with one attached hydrogen (secondary N) is 3. The number of nitrogens with two attached hydrogens (primary N) is 1. The van der Waals surface area contributed by atoms with Crippen LogP contribution in [0.25, 0.3) is 0 Å². The van der Waals surface area contributed by atoms with Gasteiger partial charge in [0.15, 0.2) is 0 Å². The van der Waals surface area contributed by atoms with Crippen molar-refractivity contribution in [2.24, 2.45) is 5.73 Å². The van der Waals surface area contributed by atoms with Crippen molar-refractivity contribution in [1.29, 1.82) is 0 Å². The Kier molecular flexibility index (Phi) is 12.6. The molecule has 9 heteroatoms. The Morgan fingerprint density at radius 3 is 2.04 bits per heavy atom. The first-order chi connectivity index (χ1) is 12.8. The Morgan fingerprint density at radius 1 is 0.889 bits per heavy atom. The van der Waals surface area contributed by atoms with Crippen LogP contribution in [0.4, 0.5) is 0 Å². The van der Waals surface area contributed by atoms with Crippen molar-refractivity contribution in [2.75, 3.05) is 13.1 Å². The van der Waals surface area contributed by atoms with Gasteiger partial charge in [0.25, 0.3) is 11.8 Å². The molecule has 0 saturated heterocycles. The predicted molar refractivity (Wildman–Crippen MR) is 98.9 cm³/mol. The average molecular weight is 378 g/mol. The summed E-state index contributed by atoms with van der Waals surface area (Å²) in [6, 6.07) is -2.06. The maximum atomic E-state index is 12.4. The lowest BCUT2D eigenvalue weighted by atomic mass is 10.1. The van der Waals surface area contributed by atoms with E-state index in [4.69, 9.17) is 18.6 Å². The number of hydrogen-bond acceptors (Lipinski definition) is 5. The second kappa shape index (κ2) is 14.2. The summed E-state index contributed by atoms with van der Waals surface area (Å²) in [6.07, 6.45) is 12.6. The van der Waals surface area contributed by atoms with Crippen LogP contribution in [0.15, 0.2) is 0 Å². The molecule has 0 aliphatic carbocycles. The van der Waals surface area contributed by atoms with Gasteiger partial charge in [-0.15, -0.1) is 12.8 Å². The lowest BCUT2D eigenvalue weighted by Crippen LogP contribution is -2.51. The molecule has 2 atom stereocenters. The highest BCUT2D eigenvalue weighted by Crippen LogP contribution is 2.05. The van der Waals surface area contributed by atoms with Crippen LogP contribution in [0.3, 0.4) is 0 Å². The Bertz CT molecular complexity index is 606. The Morgan fingerprint density at radius 2 is 1.48 bits per heavy atom. The predicted octanol–water partition coefficient (Wildman–Crippen LogP) is -1.28. The fourth-order valence-corrected chi connectivity index (χ4v) is 2.22. The summed E-state index contributed by atoms with van der Waals surface area (Å²) in [4.78, 5) is 46.1. The molecule has 9 nitrogen and oxygen atoms in total. The molecule has 0 rings (SSSR count). The number of unbranched alkanes of at least 4 members (excludes halogenated alkanes) is 2. The highest BCUT2D eigenvalue weighted by Gasteiger charge is 2.25. The average Bonchev–Trinajstić information content (AvgIpc) is 2.65. The Labute approximate surface area is 158 Å². The monoisotopic (exact) mass is 378 g/mol. The van der Waals surface area contributed by atoms with Crippen LogP contribution < -0.4 is 21.7 Å². The minimum atomic E-state index is -1.17. The van der Waals surface area contributed by atoms with E-state index in [9.17, 15) is 24.3 Å². The van der Waals surface area contributed by atoms with E-state index in [0.29, 0.717) is 38.8 Å². The van der Waals surface area contributed by atoms with Gasteiger partial charge in [-0.1, -0.05) is 0 Å². The van der Waals surface area contributed by atoms with Crippen LogP contribution in [-0.2, 0) is 19.2 Å². The van der Waals surface area contributed by atoms with Crippen LogP contribution in [0, 0.1) is 24.7 Å². The summed E-state index contributed by atoms with van der Waals surface area (Å²) in [5.74, 6) is 0.658. The second-order valence-electron chi connectivity index (χ2n) is 5.75. The molecular formula is C18H26N4O5. The van der Waals surface area contributed by atoms with Gasteiger partial charge in [-0.05, 0) is 56.9 Å². The van der Waals surface area contributed by atoms with Crippen LogP contribution in [0.5, 0.6) is 0 Å². The van der Waals surface area contributed by atoms with E-state index in [2.05, 4.69) is 16.0 Å². The summed E-state index contributed by atoms with van der Waals surface area (Å²) >= 11 is 0. The number of carboxylic acids is 1. The first kappa shape index (κ1) is 24.0. The first-order valence-electron chi connectivity index (χ1n) is 8.60. The molecule has 0 aliphatic heterocycles. The number of amides is 3. The summed E-state index contributed by atoms with van der Waals surface area (Å²) in [5.41, 5.74) is 5.38. The van der Waals surface area contributed by atoms with Crippen molar-refractivity contribution in [3.8, 4) is 24.7 Å². The van der Waals surface area contributed by atoms with E-state index >= 15 is 0 Å². The molecule has 0 saturated carbocycles. The van der Waals surface area contributed by atoms with Gasteiger partial charge < -0.3 is 26.8 Å². The maximum absolute atomic E-state index is 12.4. The molecule has 3 amide bonds. The van der Waals surface area contributed by atoms with Gasteiger partial charge in [-0.3, -0.25) is 14.4 Å². The van der Waals surface area contributed by atoms with Crippen molar-refractivity contribution in [3.05, 3.63) is 0 Å². The van der Waals surface area contributed by atoms with Gasteiger partial charge in [-0.2, -0.15) is 0 Å². The van der Waals surface area contributed by atoms with Crippen molar-refractivity contribution in [1.82, 2.24) is 16.0 Å². The molecule has 0 aliphatic rings. The molecule has 2 unspecified atom stereocenters. The van der Waals surface area contributed by atoms with Gasteiger partial charge in [0.05, 0.1) is 0 Å². The fraction of sp³-hybridized carbons (Fsp3) is 0.556. The van der Waals surface area contributed by atoms with E-state index in [0.717, 1.165) is 0 Å². The molecule has 0 radical (unpaired) electrons. The number of aliphatic carboxylic acids is 1. The lowest BCUT2D eigenvalue weighted by Gasteiger charge is -2.20. The second-order valence-corrected chi connectivity index (χ2v) is 5.75. The van der Waals surface area contributed by atoms with Gasteiger partial charge in [0.2, 0.25) is 5.91 Å². The van der Waals surface area contributed by atoms with E-state index in [1.807, 2.05) is 11.8 Å². The number of carboxylic acid groups (broad SMARTS) is 1. The van der Waals surface area contributed by atoms with Crippen molar-refractivity contribution < 1.29 is 24.3 Å². The van der Waals surface area contributed by atoms with Crippen LogP contribution in [-0.4, -0.2) is 54.0 Å². The van der Waals surface area contributed by atoms with Gasteiger partial charge in [-0.25, -0.2) is 4.79 Å². The molecule has 0 bridgehead atoms. The first-order valence-corrected chi connectivity index (χ1v) is 8.60. The number of carbonyl (C=O) groups is 4. The molecule has 0 spiro atoms. The Hall–Kier alpha value is -3.04. The van der Waals surface area contributed by atoms with Crippen molar-refractivity contribution >= 4 is 23.7 Å². The van der Waals surface area contributed by atoms with Crippen molar-refractivity contribution in [2.45, 2.75) is 50.6 Å². The van der Waals surface area contributed by atoms with Gasteiger partial charge in [0, 0.05) is 6.54 Å². The highest BCUT2D eigenvalue weighted by molar-refractivity contribution is 5.97. The van der Waals surface area contributed by atoms with E-state index in [1.54, 1.807) is 0 Å². The van der Waals surface area contributed by atoms with Crippen LogP contribution in [0.2, 0.25) is 0 Å². The third-order valence-electron chi connectivity index (χ3n) is 3.65. The molecule has 27 heavy (non-hydrogen) atoms. The molecule has 0 fully saturated rings. The number of rotatable bonds is 13. The van der Waals surface area contributed by atoms with Gasteiger partial charge >= 0.3 is 5.97 Å². The molecular weight excluding hydrogens is 352 g/mol. The highest BCUT2D eigenvalue weighted by atomic mass is 16.4. The van der Waals surface area contributed by atoms with E-state index < -0.39 is 35.8 Å². The van der Waals surface area contributed by atoms with E-state index in [-0.39, 0.29) is 12.8 Å². The largest absolute Gasteiger partial charge is 0.480 e. The standard InChI is InChI=1S/C18H26N4O5/c1-3-15(23)20-12-8-6-9-13(21-16(24)4-2)17(25)22-14(18(26)27)10-5-7-11-19/h1-2,13-14H,5-12,19H2,(H,20,23)(H,21,24)(H,22,25)(H,26,27). The summed E-state index contributed by atoms with van der Waals surface area (Å²) in [6.45, 7) is 0.745. The minimum absolute atomic E-state index is 0.223. The normalized spacial score (nSPS) is 12.0. The number of hydrogen-bond donors (Lipinski definition) is 5. The smallest absolute Gasteiger partial charge is 0.326 e. The number of carbonyl (C=O) groups excluding carboxylic acids is 3. The zero-order valence-corrected chi connectivity index (χ0v) is 15.1. The molecule has 0 aromatic rings. The zero-order valence-electron chi connectivity index (χ0n) is 15.1. The molecule has 0 heterocycles. The third kappa shape index (κ3) is 11.2. The van der Waals surface area contributed by atoms with Crippen LogP contribution >= 0.6 is 0 Å². The molecule has 6 N–H and O–H groups in total. The summed E-state index contributed by atoms with van der Waals surface area (Å²) in [5, 5.41) is 16.5. The van der Waals surface area contributed by atoms with Crippen molar-refractivity contribution in [3.63, 3.8) is 0 Å². The maximum Gasteiger partial charge on any atom is 0.326 e. The van der Waals surface area contributed by atoms with Gasteiger partial charge in [0.1, 0.15) is 12.1 Å². The molecule has 148 valence electrons. The van der Waals surface area contributed by atoms with E-state index in [1.165, 1.54) is 0 Å².